The summed E-state index contributed by atoms with van der Waals surface area (Å²) in [6.07, 6.45) is 0. The van der Waals surface area contributed by atoms with E-state index >= 15 is 0 Å². The molecule has 0 amide bonds. The fourth-order valence-electron chi connectivity index (χ4n) is 0. The summed E-state index contributed by atoms with van der Waals surface area (Å²) in [5.41, 5.74) is 0. The molecular weight excluding hydrogens is 110 g/mol. The maximum absolute atomic E-state index is 8.25. The van der Waals surface area contributed by atoms with E-state index in [1.54, 1.807) is 0 Å². The first-order chi connectivity index (χ1) is 1.73. The average molecular weight is 110 g/mol. The molecule has 0 N–H and O–H groups in total. The average Bonchev–Trinajstić information content (AvgIpc) is 0.811. The smallest absolute Gasteiger partial charge is 0.0689 e. The minimum absolute atomic E-state index is 0. The summed E-state index contributed by atoms with van der Waals surface area (Å²) in [5, 5.41) is 14.8. The van der Waals surface area contributed by atoms with Gasteiger partial charge in [0.05, 0.1) is 5.09 Å². The van der Waals surface area contributed by atoms with Crippen molar-refractivity contribution in [2.75, 3.05) is 0 Å². The molecule has 5 heavy (non-hydrogen) atoms. The van der Waals surface area contributed by atoms with Crippen molar-refractivity contribution in [3.05, 3.63) is 15.3 Å². The largest absolute Gasteiger partial charge is 0.356 e. The molecule has 0 rings (SSSR count). The van der Waals surface area contributed by atoms with Gasteiger partial charge in [-0.2, -0.15) is 0 Å². The summed E-state index contributed by atoms with van der Waals surface area (Å²) in [5.74, 6) is 0. The molecule has 0 atom stereocenters. The van der Waals surface area contributed by atoms with Gasteiger partial charge in [0, 0.05) is 21.7 Å². The first kappa shape index (κ1) is 8.87. The van der Waals surface area contributed by atoms with Crippen LogP contribution in [0, 0.1) is 15.3 Å². The third-order valence-electron chi connectivity index (χ3n) is 0. The van der Waals surface area contributed by atoms with Crippen LogP contribution in [0.5, 0.6) is 0 Å². The Morgan fingerprint density at radius 1 is 1.40 bits per heavy atom. The van der Waals surface area contributed by atoms with Gasteiger partial charge in [0.2, 0.25) is 0 Å². The molecule has 0 aliphatic carbocycles. The van der Waals surface area contributed by atoms with Crippen LogP contribution in [0.25, 0.3) is 0 Å². The molecule has 0 spiro atoms. The molecule has 0 aromatic carbocycles. The van der Waals surface area contributed by atoms with Crippen LogP contribution < -0.4 is 0 Å². The number of hydrogen-bond donors (Lipinski definition) is 0. The van der Waals surface area contributed by atoms with Gasteiger partial charge in [0.15, 0.2) is 0 Å². The summed E-state index contributed by atoms with van der Waals surface area (Å²) in [4.78, 5) is 8.25. The molecule has 5 heteroatoms. The van der Waals surface area contributed by atoms with Crippen molar-refractivity contribution in [2.24, 2.45) is 0 Å². The molecule has 0 aromatic rings. The van der Waals surface area contributed by atoms with Crippen molar-refractivity contribution >= 4 is 0 Å². The Morgan fingerprint density at radius 3 is 1.40 bits per heavy atom. The zero-order chi connectivity index (χ0) is 3.58. The predicted molar refractivity (Wildman–Crippen MR) is 10.4 cm³/mol. The Bertz CT molecular complexity index is 29.9. The standard InChI is InChI=1S/NO3.Ti/c2-1(3)4;/q-1;. The summed E-state index contributed by atoms with van der Waals surface area (Å²) in [6.45, 7) is 0. The van der Waals surface area contributed by atoms with E-state index in [0.717, 1.165) is 0 Å². The van der Waals surface area contributed by atoms with Crippen molar-refractivity contribution in [1.82, 2.24) is 0 Å². The van der Waals surface area contributed by atoms with Crippen LogP contribution in [0.4, 0.5) is 0 Å². The summed E-state index contributed by atoms with van der Waals surface area (Å²) >= 11 is 0. The molecular formula is NO3Ti-. The van der Waals surface area contributed by atoms with Crippen molar-refractivity contribution in [3.63, 3.8) is 0 Å². The molecule has 0 saturated carbocycles. The minimum Gasteiger partial charge on any atom is -0.356 e. The molecule has 0 saturated heterocycles. The van der Waals surface area contributed by atoms with Crippen LogP contribution in [0.15, 0.2) is 0 Å². The predicted octanol–water partition coefficient (Wildman–Crippen LogP) is -0.242. The Balaban J connectivity index is 0. The number of rotatable bonds is 0. The number of hydrogen-bond acceptors (Lipinski definition) is 3. The van der Waals surface area contributed by atoms with E-state index in [1.807, 2.05) is 0 Å². The van der Waals surface area contributed by atoms with Gasteiger partial charge in [-0.25, -0.2) is 0 Å². The first-order valence-electron chi connectivity index (χ1n) is 0.548. The molecule has 28 valence electrons. The van der Waals surface area contributed by atoms with Crippen LogP contribution in [0.3, 0.4) is 0 Å². The van der Waals surface area contributed by atoms with Crippen LogP contribution in [-0.4, -0.2) is 5.09 Å². The summed E-state index contributed by atoms with van der Waals surface area (Å²) < 4.78 is 0. The monoisotopic (exact) mass is 110 g/mol. The molecule has 0 aliphatic heterocycles. The fraction of sp³-hybridized carbons (Fsp3) is 0. The topological polar surface area (TPSA) is 66.2 Å². The van der Waals surface area contributed by atoms with E-state index in [9.17, 15) is 0 Å². The molecule has 0 unspecified atom stereocenters. The van der Waals surface area contributed by atoms with Crippen LogP contribution in [0.2, 0.25) is 0 Å². The molecule has 0 aromatic heterocycles. The van der Waals surface area contributed by atoms with Crippen LogP contribution in [-0.2, 0) is 21.7 Å². The maximum atomic E-state index is 8.25. The zero-order valence-corrected chi connectivity index (χ0v) is 3.73. The van der Waals surface area contributed by atoms with Gasteiger partial charge in [-0.15, -0.1) is 0 Å². The Labute approximate surface area is 42.8 Å². The van der Waals surface area contributed by atoms with Crippen LogP contribution in [0.1, 0.15) is 0 Å². The SMILES string of the molecule is O=[N+]([O-])[O-].[Ti]. The van der Waals surface area contributed by atoms with Gasteiger partial charge in [0.25, 0.3) is 0 Å². The van der Waals surface area contributed by atoms with Crippen molar-refractivity contribution in [1.29, 1.82) is 0 Å². The minimum atomic E-state index is -1.75. The molecule has 0 fully saturated rings. The van der Waals surface area contributed by atoms with Gasteiger partial charge in [-0.3, -0.25) is 0 Å². The summed E-state index contributed by atoms with van der Waals surface area (Å²) in [6, 6.07) is 0. The van der Waals surface area contributed by atoms with Crippen molar-refractivity contribution < 1.29 is 26.8 Å². The first-order valence-corrected chi connectivity index (χ1v) is 0.548. The van der Waals surface area contributed by atoms with Crippen molar-refractivity contribution in [3.8, 4) is 0 Å². The Kier molecular flexibility index (Phi) is 6.94. The molecule has 4 nitrogen and oxygen atoms in total. The molecule has 0 heterocycles. The maximum Gasteiger partial charge on any atom is 0.0689 e. The van der Waals surface area contributed by atoms with Gasteiger partial charge >= 0.3 is 0 Å². The van der Waals surface area contributed by atoms with E-state index in [-0.39, 0.29) is 21.7 Å². The van der Waals surface area contributed by atoms with Crippen LogP contribution >= 0.6 is 0 Å². The van der Waals surface area contributed by atoms with E-state index in [1.165, 1.54) is 0 Å². The Morgan fingerprint density at radius 2 is 1.40 bits per heavy atom. The second kappa shape index (κ2) is 3.91. The van der Waals surface area contributed by atoms with E-state index in [4.69, 9.17) is 15.3 Å². The fourth-order valence-corrected chi connectivity index (χ4v) is 0. The van der Waals surface area contributed by atoms with E-state index in [0.29, 0.717) is 0 Å². The normalized spacial score (nSPS) is 4.80. The molecule has 0 bridgehead atoms. The van der Waals surface area contributed by atoms with Gasteiger partial charge in [-0.05, 0) is 0 Å². The van der Waals surface area contributed by atoms with Gasteiger partial charge < -0.3 is 15.3 Å². The third-order valence-corrected chi connectivity index (χ3v) is 0. The third kappa shape index (κ3) is 1950. The van der Waals surface area contributed by atoms with E-state index < -0.39 is 5.09 Å². The Hall–Kier alpha value is -0.0857. The second-order valence-electron chi connectivity index (χ2n) is 0.224. The van der Waals surface area contributed by atoms with Crippen molar-refractivity contribution in [2.45, 2.75) is 0 Å². The number of nitrogens with zero attached hydrogens (tertiary/aromatic N) is 1. The summed E-state index contributed by atoms with van der Waals surface area (Å²) in [7, 11) is 0. The van der Waals surface area contributed by atoms with Gasteiger partial charge in [-0.1, -0.05) is 0 Å². The molecule has 0 aliphatic rings. The second-order valence-corrected chi connectivity index (χ2v) is 0.224. The molecule has 0 radical (unpaired) electrons. The quantitative estimate of drug-likeness (QED) is 0.245. The van der Waals surface area contributed by atoms with Gasteiger partial charge in [0.1, 0.15) is 0 Å². The zero-order valence-electron chi connectivity index (χ0n) is 2.17. The van der Waals surface area contributed by atoms with E-state index in [2.05, 4.69) is 0 Å².